The second kappa shape index (κ2) is 6.20. The quantitative estimate of drug-likeness (QED) is 0.555. The van der Waals surface area contributed by atoms with Crippen molar-refractivity contribution in [3.05, 3.63) is 89.7 Å². The van der Waals surface area contributed by atoms with Crippen molar-refractivity contribution in [2.75, 3.05) is 0 Å². The van der Waals surface area contributed by atoms with Crippen molar-refractivity contribution in [2.45, 2.75) is 13.3 Å². The van der Waals surface area contributed by atoms with Crippen LogP contribution in [0.4, 0.5) is 0 Å². The van der Waals surface area contributed by atoms with Gasteiger partial charge in [-0.3, -0.25) is 0 Å². The molecular formula is C21H17N3. The fourth-order valence-electron chi connectivity index (χ4n) is 2.76. The monoisotopic (exact) mass is 311 g/mol. The zero-order valence-electron chi connectivity index (χ0n) is 13.5. The van der Waals surface area contributed by atoms with Crippen LogP contribution in [0.3, 0.4) is 0 Å². The smallest absolute Gasteiger partial charge is 0.178 e. The van der Waals surface area contributed by atoms with Gasteiger partial charge in [0.2, 0.25) is 0 Å². The average Bonchev–Trinajstić information content (AvgIpc) is 2.64. The number of aromatic nitrogens is 3. The normalized spacial score (nSPS) is 10.9. The maximum Gasteiger partial charge on any atom is 0.178 e. The van der Waals surface area contributed by atoms with Crippen molar-refractivity contribution in [2.24, 2.45) is 0 Å². The van der Waals surface area contributed by atoms with Gasteiger partial charge >= 0.3 is 0 Å². The molecule has 3 nitrogen and oxygen atoms in total. The third-order valence-electron chi connectivity index (χ3n) is 4.13. The standard InChI is InChI=1S/C21H17N3/c1-15-11-12-19(23-20(15)13-16-7-3-2-4-8-16)21-22-14-17-9-5-6-10-18(17)24-21/h2-12,14H,13H2,1H3. The number of hydrogen-bond acceptors (Lipinski definition) is 3. The number of nitrogens with zero attached hydrogens (tertiary/aromatic N) is 3. The molecule has 0 fully saturated rings. The lowest BCUT2D eigenvalue weighted by Crippen LogP contribution is -2.00. The molecule has 2 heterocycles. The van der Waals surface area contributed by atoms with Crippen molar-refractivity contribution in [3.8, 4) is 11.5 Å². The Morgan fingerprint density at radius 2 is 1.58 bits per heavy atom. The van der Waals surface area contributed by atoms with Crippen LogP contribution in [-0.4, -0.2) is 15.0 Å². The van der Waals surface area contributed by atoms with Gasteiger partial charge < -0.3 is 0 Å². The molecule has 0 spiro atoms. The highest BCUT2D eigenvalue weighted by molar-refractivity contribution is 5.79. The molecule has 0 saturated heterocycles. The van der Waals surface area contributed by atoms with Gasteiger partial charge in [-0.05, 0) is 30.2 Å². The summed E-state index contributed by atoms with van der Waals surface area (Å²) in [5.74, 6) is 0.669. The van der Waals surface area contributed by atoms with Crippen molar-refractivity contribution in [3.63, 3.8) is 0 Å². The number of aryl methyl sites for hydroxylation is 1. The van der Waals surface area contributed by atoms with Crippen molar-refractivity contribution in [1.29, 1.82) is 0 Å². The number of fused-ring (bicyclic) bond motifs is 1. The Hall–Kier alpha value is -3.07. The van der Waals surface area contributed by atoms with Crippen LogP contribution in [-0.2, 0) is 6.42 Å². The summed E-state index contributed by atoms with van der Waals surface area (Å²) in [6.45, 7) is 2.09. The van der Waals surface area contributed by atoms with Gasteiger partial charge in [0.05, 0.1) is 5.52 Å². The molecule has 0 saturated carbocycles. The number of hydrogen-bond donors (Lipinski definition) is 0. The minimum absolute atomic E-state index is 0.669. The van der Waals surface area contributed by atoms with E-state index in [1.807, 2.05) is 42.6 Å². The Kier molecular flexibility index (Phi) is 3.75. The minimum Gasteiger partial charge on any atom is -0.249 e. The SMILES string of the molecule is Cc1ccc(-c2ncc3ccccc3n2)nc1Cc1ccccc1. The molecule has 0 amide bonds. The lowest BCUT2D eigenvalue weighted by atomic mass is 10.1. The van der Waals surface area contributed by atoms with E-state index >= 15 is 0 Å². The molecular weight excluding hydrogens is 294 g/mol. The number of para-hydroxylation sites is 1. The molecule has 0 atom stereocenters. The van der Waals surface area contributed by atoms with E-state index < -0.39 is 0 Å². The first-order valence-corrected chi connectivity index (χ1v) is 8.02. The summed E-state index contributed by atoms with van der Waals surface area (Å²) < 4.78 is 0. The lowest BCUT2D eigenvalue weighted by molar-refractivity contribution is 1.03. The van der Waals surface area contributed by atoms with Crippen LogP contribution >= 0.6 is 0 Å². The Bertz CT molecular complexity index is 994. The van der Waals surface area contributed by atoms with Gasteiger partial charge in [-0.1, -0.05) is 54.6 Å². The lowest BCUT2D eigenvalue weighted by Gasteiger charge is -2.08. The molecule has 2 aromatic heterocycles. The van der Waals surface area contributed by atoms with Crippen LogP contribution in [0.5, 0.6) is 0 Å². The Morgan fingerprint density at radius 3 is 2.46 bits per heavy atom. The third kappa shape index (κ3) is 2.88. The first-order valence-electron chi connectivity index (χ1n) is 8.02. The summed E-state index contributed by atoms with van der Waals surface area (Å²) in [5.41, 5.74) is 5.26. The van der Waals surface area contributed by atoms with Crippen LogP contribution < -0.4 is 0 Å². The van der Waals surface area contributed by atoms with Crippen LogP contribution in [0, 0.1) is 6.92 Å². The van der Waals surface area contributed by atoms with Crippen molar-refractivity contribution >= 4 is 10.9 Å². The summed E-state index contributed by atoms with van der Waals surface area (Å²) >= 11 is 0. The predicted molar refractivity (Wildman–Crippen MR) is 96.8 cm³/mol. The summed E-state index contributed by atoms with van der Waals surface area (Å²) in [4.78, 5) is 14.0. The fraction of sp³-hybridized carbons (Fsp3) is 0.0952. The average molecular weight is 311 g/mol. The van der Waals surface area contributed by atoms with Gasteiger partial charge in [-0.15, -0.1) is 0 Å². The predicted octanol–water partition coefficient (Wildman–Crippen LogP) is 4.59. The molecule has 0 aliphatic rings. The van der Waals surface area contributed by atoms with Crippen LogP contribution in [0.1, 0.15) is 16.8 Å². The molecule has 4 rings (SSSR count). The number of rotatable bonds is 3. The summed E-state index contributed by atoms with van der Waals surface area (Å²) in [6, 6.07) is 22.5. The highest BCUT2D eigenvalue weighted by atomic mass is 14.9. The highest BCUT2D eigenvalue weighted by Gasteiger charge is 2.08. The van der Waals surface area contributed by atoms with Crippen LogP contribution in [0.15, 0.2) is 72.9 Å². The van der Waals surface area contributed by atoms with Crippen molar-refractivity contribution in [1.82, 2.24) is 15.0 Å². The van der Waals surface area contributed by atoms with E-state index in [1.54, 1.807) is 0 Å². The fourth-order valence-corrected chi connectivity index (χ4v) is 2.76. The first-order chi connectivity index (χ1) is 11.8. The molecule has 0 unspecified atom stereocenters. The third-order valence-corrected chi connectivity index (χ3v) is 4.13. The number of benzene rings is 2. The largest absolute Gasteiger partial charge is 0.249 e. The zero-order valence-corrected chi connectivity index (χ0v) is 13.5. The zero-order chi connectivity index (χ0) is 16.4. The van der Waals surface area contributed by atoms with E-state index in [0.717, 1.165) is 28.7 Å². The summed E-state index contributed by atoms with van der Waals surface area (Å²) in [6.07, 6.45) is 2.67. The van der Waals surface area contributed by atoms with E-state index in [4.69, 9.17) is 4.98 Å². The van der Waals surface area contributed by atoms with E-state index in [-0.39, 0.29) is 0 Å². The van der Waals surface area contributed by atoms with E-state index in [9.17, 15) is 0 Å². The molecule has 0 N–H and O–H groups in total. The second-order valence-corrected chi connectivity index (χ2v) is 5.87. The maximum absolute atomic E-state index is 4.82. The molecule has 24 heavy (non-hydrogen) atoms. The van der Waals surface area contributed by atoms with E-state index in [2.05, 4.69) is 47.2 Å². The summed E-state index contributed by atoms with van der Waals surface area (Å²) in [5, 5.41) is 1.04. The molecule has 0 aliphatic heterocycles. The molecule has 0 radical (unpaired) electrons. The molecule has 116 valence electrons. The van der Waals surface area contributed by atoms with Gasteiger partial charge in [0.1, 0.15) is 5.69 Å². The summed E-state index contributed by atoms with van der Waals surface area (Å²) in [7, 11) is 0. The number of pyridine rings is 1. The van der Waals surface area contributed by atoms with Gasteiger partial charge in [-0.25, -0.2) is 15.0 Å². The van der Waals surface area contributed by atoms with E-state index in [1.165, 1.54) is 11.1 Å². The van der Waals surface area contributed by atoms with Gasteiger partial charge in [-0.2, -0.15) is 0 Å². The molecule has 0 bridgehead atoms. The second-order valence-electron chi connectivity index (χ2n) is 5.87. The minimum atomic E-state index is 0.669. The van der Waals surface area contributed by atoms with Crippen LogP contribution in [0.2, 0.25) is 0 Å². The van der Waals surface area contributed by atoms with Gasteiger partial charge in [0, 0.05) is 23.7 Å². The molecule has 4 aromatic rings. The van der Waals surface area contributed by atoms with Gasteiger partial charge in [0.25, 0.3) is 0 Å². The maximum atomic E-state index is 4.82. The molecule has 0 aliphatic carbocycles. The Labute approximate surface area is 141 Å². The molecule has 2 aromatic carbocycles. The highest BCUT2D eigenvalue weighted by Crippen LogP contribution is 2.20. The van der Waals surface area contributed by atoms with Crippen LogP contribution in [0.25, 0.3) is 22.4 Å². The Morgan fingerprint density at radius 1 is 0.792 bits per heavy atom. The van der Waals surface area contributed by atoms with E-state index in [0.29, 0.717) is 5.82 Å². The first kappa shape index (κ1) is 14.5. The Balaban J connectivity index is 1.73. The molecule has 3 heteroatoms. The van der Waals surface area contributed by atoms with Gasteiger partial charge in [0.15, 0.2) is 5.82 Å². The topological polar surface area (TPSA) is 38.7 Å². The van der Waals surface area contributed by atoms with Crippen molar-refractivity contribution < 1.29 is 0 Å².